The highest BCUT2D eigenvalue weighted by atomic mass is 16.8. The molecule has 4 heterocycles. The molecule has 0 aromatic rings. The molecule has 1 saturated carbocycles. The molecule has 8 N–H and O–H groups in total. The number of methoxy groups -OCH3 is 3. The normalized spacial score (nSPS) is 43.0. The van der Waals surface area contributed by atoms with Gasteiger partial charge in [-0.15, -0.1) is 6.58 Å². The quantitative estimate of drug-likeness (QED) is 0.0491. The molecule has 0 aromatic heterocycles. The van der Waals surface area contributed by atoms with Gasteiger partial charge in [-0.3, -0.25) is 0 Å². The maximum atomic E-state index is 14.1. The van der Waals surface area contributed by atoms with E-state index in [4.69, 9.17) is 47.4 Å². The molecule has 0 bridgehead atoms. The summed E-state index contributed by atoms with van der Waals surface area (Å²) >= 11 is 0. The Balaban J connectivity index is 1.37. The van der Waals surface area contributed by atoms with E-state index in [9.17, 15) is 50.4 Å². The van der Waals surface area contributed by atoms with Gasteiger partial charge in [0, 0.05) is 50.2 Å². The molecule has 5 rings (SSSR count). The summed E-state index contributed by atoms with van der Waals surface area (Å²) in [4.78, 5) is 26.9. The Morgan fingerprint density at radius 3 is 1.82 bits per heavy atom. The summed E-state index contributed by atoms with van der Waals surface area (Å²) in [7, 11) is 4.00. The standard InChI is InChI=1S/C35H52O20/c1-6-14-15(8-22(46-3)47-4)17(11-49-32(14)54-34-28(42)26(40)24(38)20(9-36)52-34)31(45)51-19-7-16-18(30(44)48-5)12-50-33(23(16)13(19)2)55-35-29(43)27(41)25(39)21(10-37)53-35/h6,11-16,19-29,32-43H,1,7-10H2,2-5H3/t13-,14-,15+,16-,19+,20-,21-,23?,24-,25-,26+,27+,28-,29-,32+,33+,34+,35+/m1/s1. The number of aliphatic hydroxyl groups is 8. The lowest BCUT2D eigenvalue weighted by Gasteiger charge is -2.43. The van der Waals surface area contributed by atoms with Gasteiger partial charge in [0.2, 0.25) is 12.6 Å². The van der Waals surface area contributed by atoms with Crippen LogP contribution in [0.3, 0.4) is 0 Å². The third kappa shape index (κ3) is 8.72. The van der Waals surface area contributed by atoms with Crippen LogP contribution in [0.25, 0.3) is 0 Å². The van der Waals surface area contributed by atoms with Crippen molar-refractivity contribution in [3.05, 3.63) is 36.3 Å². The van der Waals surface area contributed by atoms with Crippen molar-refractivity contribution in [2.45, 2.75) is 106 Å². The van der Waals surface area contributed by atoms with E-state index in [0.29, 0.717) is 0 Å². The van der Waals surface area contributed by atoms with Gasteiger partial charge in [0.1, 0.15) is 54.9 Å². The number of rotatable bonds is 14. The first-order chi connectivity index (χ1) is 26.2. The molecule has 2 saturated heterocycles. The van der Waals surface area contributed by atoms with E-state index in [0.717, 1.165) is 12.5 Å². The molecule has 0 spiro atoms. The first-order valence-corrected chi connectivity index (χ1v) is 17.8. The van der Waals surface area contributed by atoms with Crippen molar-refractivity contribution in [1.82, 2.24) is 0 Å². The SMILES string of the molecule is C=C[C@H]1[C@H](O[C@@H]2O[C@H](CO)[C@@H](O)[C@H](O)[C@H]2O)OC=C(C(=O)O[C@H]2C[C@@H]3C(C(=O)OC)=CO[C@@H](O[C@@H]4O[C@H](CO)[C@@H](O)[C@H](O)[C@H]4O)C3[C@@H]2C)[C@H]1CC(OC)OC. The average Bonchev–Trinajstić information content (AvgIpc) is 3.51. The topological polar surface area (TPSA) is 288 Å². The van der Waals surface area contributed by atoms with Crippen molar-refractivity contribution in [3.63, 3.8) is 0 Å². The molecule has 20 heteroatoms. The van der Waals surface area contributed by atoms with Crippen molar-refractivity contribution < 1.29 is 97.8 Å². The number of esters is 2. The minimum Gasteiger partial charge on any atom is -0.472 e. The Bertz CT molecular complexity index is 1380. The first kappa shape index (κ1) is 43.3. The fraction of sp³-hybridized carbons (Fsp3) is 0.771. The zero-order valence-corrected chi connectivity index (χ0v) is 30.7. The molecule has 5 aliphatic rings. The summed E-state index contributed by atoms with van der Waals surface area (Å²) in [5.41, 5.74) is 0.154. The summed E-state index contributed by atoms with van der Waals surface area (Å²) in [5, 5.41) is 81.5. The highest BCUT2D eigenvalue weighted by molar-refractivity contribution is 5.90. The maximum absolute atomic E-state index is 14.1. The number of hydrogen-bond donors (Lipinski definition) is 8. The fourth-order valence-corrected chi connectivity index (χ4v) is 7.85. The predicted molar refractivity (Wildman–Crippen MR) is 178 cm³/mol. The lowest BCUT2D eigenvalue weighted by atomic mass is 9.81. The van der Waals surface area contributed by atoms with E-state index >= 15 is 0 Å². The number of hydrogen-bond acceptors (Lipinski definition) is 20. The van der Waals surface area contributed by atoms with Crippen molar-refractivity contribution in [1.29, 1.82) is 0 Å². The monoisotopic (exact) mass is 792 g/mol. The number of fused-ring (bicyclic) bond motifs is 1. The molecule has 1 aliphatic carbocycles. The van der Waals surface area contributed by atoms with E-state index in [2.05, 4.69) is 6.58 Å². The second-order valence-electron chi connectivity index (χ2n) is 14.1. The lowest BCUT2D eigenvalue weighted by molar-refractivity contribution is -0.342. The summed E-state index contributed by atoms with van der Waals surface area (Å²) in [6.45, 7) is 4.25. The highest BCUT2D eigenvalue weighted by Crippen LogP contribution is 2.49. The zero-order valence-electron chi connectivity index (χ0n) is 30.7. The van der Waals surface area contributed by atoms with Crippen LogP contribution in [0.2, 0.25) is 0 Å². The van der Waals surface area contributed by atoms with Crippen molar-refractivity contribution in [3.8, 4) is 0 Å². The molecule has 3 fully saturated rings. The van der Waals surface area contributed by atoms with Crippen LogP contribution in [0.1, 0.15) is 19.8 Å². The first-order valence-electron chi connectivity index (χ1n) is 17.8. The van der Waals surface area contributed by atoms with Crippen LogP contribution in [-0.4, -0.2) is 174 Å². The number of aliphatic hydroxyl groups excluding tert-OH is 8. The van der Waals surface area contributed by atoms with Gasteiger partial charge in [-0.1, -0.05) is 13.0 Å². The van der Waals surface area contributed by atoms with Gasteiger partial charge in [-0.2, -0.15) is 0 Å². The largest absolute Gasteiger partial charge is 0.472 e. The minimum absolute atomic E-state index is 0.0221. The third-order valence-corrected chi connectivity index (χ3v) is 11.1. The molecule has 0 radical (unpaired) electrons. The Hall–Kier alpha value is -2.80. The predicted octanol–water partition coefficient (Wildman–Crippen LogP) is -3.12. The van der Waals surface area contributed by atoms with Gasteiger partial charge in [-0.05, 0) is 6.42 Å². The third-order valence-electron chi connectivity index (χ3n) is 11.1. The molecule has 312 valence electrons. The molecule has 1 unspecified atom stereocenters. The zero-order chi connectivity index (χ0) is 40.3. The van der Waals surface area contributed by atoms with Crippen LogP contribution in [0, 0.1) is 29.6 Å². The van der Waals surface area contributed by atoms with Gasteiger partial charge in [0.05, 0.1) is 44.0 Å². The summed E-state index contributed by atoms with van der Waals surface area (Å²) < 4.78 is 56.4. The van der Waals surface area contributed by atoms with Crippen LogP contribution < -0.4 is 0 Å². The van der Waals surface area contributed by atoms with Crippen LogP contribution in [0.4, 0.5) is 0 Å². The molecule has 55 heavy (non-hydrogen) atoms. The van der Waals surface area contributed by atoms with Crippen LogP contribution >= 0.6 is 0 Å². The second-order valence-corrected chi connectivity index (χ2v) is 14.1. The summed E-state index contributed by atoms with van der Waals surface area (Å²) in [5.74, 6) is -5.12. The molecule has 4 aliphatic heterocycles. The fourth-order valence-electron chi connectivity index (χ4n) is 7.85. The van der Waals surface area contributed by atoms with E-state index < -0.39 is 141 Å². The molecule has 0 amide bonds. The second kappa shape index (κ2) is 18.6. The average molecular weight is 793 g/mol. The van der Waals surface area contributed by atoms with E-state index in [1.54, 1.807) is 6.92 Å². The van der Waals surface area contributed by atoms with Gasteiger partial charge >= 0.3 is 11.9 Å². The maximum Gasteiger partial charge on any atom is 0.337 e. The Labute approximate surface area is 316 Å². The number of carbonyl (C=O) groups is 2. The lowest BCUT2D eigenvalue weighted by Crippen LogP contribution is -2.60. The van der Waals surface area contributed by atoms with Crippen LogP contribution in [0.15, 0.2) is 36.3 Å². The summed E-state index contributed by atoms with van der Waals surface area (Å²) in [6, 6.07) is 0. The van der Waals surface area contributed by atoms with Crippen molar-refractivity contribution in [2.75, 3.05) is 34.5 Å². The highest BCUT2D eigenvalue weighted by Gasteiger charge is 2.55. The van der Waals surface area contributed by atoms with Crippen LogP contribution in [0.5, 0.6) is 0 Å². The Morgan fingerprint density at radius 1 is 0.782 bits per heavy atom. The molecular formula is C35H52O20. The van der Waals surface area contributed by atoms with Crippen molar-refractivity contribution in [2.24, 2.45) is 29.6 Å². The molecular weight excluding hydrogens is 740 g/mol. The van der Waals surface area contributed by atoms with Crippen LogP contribution in [-0.2, 0) is 57.0 Å². The summed E-state index contributed by atoms with van der Waals surface area (Å²) in [6.07, 6.45) is -16.1. The van der Waals surface area contributed by atoms with Gasteiger partial charge in [0.15, 0.2) is 18.9 Å². The molecule has 20 nitrogen and oxygen atoms in total. The van der Waals surface area contributed by atoms with Crippen molar-refractivity contribution >= 4 is 11.9 Å². The minimum atomic E-state index is -1.74. The molecule has 18 atom stereocenters. The number of carbonyl (C=O) groups excluding carboxylic acids is 2. The smallest absolute Gasteiger partial charge is 0.337 e. The van der Waals surface area contributed by atoms with E-state index in [-0.39, 0.29) is 24.0 Å². The van der Waals surface area contributed by atoms with E-state index in [1.165, 1.54) is 27.4 Å². The van der Waals surface area contributed by atoms with E-state index in [1.807, 2.05) is 0 Å². The van der Waals surface area contributed by atoms with Gasteiger partial charge in [0.25, 0.3) is 0 Å². The van der Waals surface area contributed by atoms with Gasteiger partial charge in [-0.25, -0.2) is 9.59 Å². The Morgan fingerprint density at radius 2 is 1.31 bits per heavy atom. The number of ether oxygens (including phenoxy) is 10. The molecule has 0 aromatic carbocycles. The van der Waals surface area contributed by atoms with Gasteiger partial charge < -0.3 is 88.2 Å². The Kier molecular flexibility index (Phi) is 14.7.